The fourth-order valence-electron chi connectivity index (χ4n) is 2.05. The Morgan fingerprint density at radius 1 is 1.39 bits per heavy atom. The molecule has 0 unspecified atom stereocenters. The van der Waals surface area contributed by atoms with E-state index in [1.807, 2.05) is 24.5 Å². The Morgan fingerprint density at radius 2 is 2.11 bits per heavy atom. The molecular weight excluding hydrogens is 244 g/mol. The van der Waals surface area contributed by atoms with Gasteiger partial charge in [0.2, 0.25) is 0 Å². The molecule has 1 heterocycles. The monoisotopic (exact) mass is 264 g/mol. The van der Waals surface area contributed by atoms with E-state index < -0.39 is 10.8 Å². The standard InChI is InChI=1S/C15H20O2S/c1-13(15-7-3-2-4-8-15)10-17-9-5-6-14-11-18(16)12-14/h2-4,7-8,10,14H,5-6,9,11-12H2,1H3/b13-10-. The molecule has 1 fully saturated rings. The van der Waals surface area contributed by atoms with Crippen LogP contribution in [-0.2, 0) is 15.5 Å². The van der Waals surface area contributed by atoms with Gasteiger partial charge >= 0.3 is 0 Å². The summed E-state index contributed by atoms with van der Waals surface area (Å²) in [6.07, 6.45) is 4.04. The van der Waals surface area contributed by atoms with Crippen LogP contribution in [0.1, 0.15) is 25.3 Å². The molecule has 0 bridgehead atoms. The van der Waals surface area contributed by atoms with Gasteiger partial charge in [-0.3, -0.25) is 4.21 Å². The van der Waals surface area contributed by atoms with Crippen LogP contribution in [0.15, 0.2) is 36.6 Å². The zero-order chi connectivity index (χ0) is 12.8. The van der Waals surface area contributed by atoms with Gasteiger partial charge in [0.15, 0.2) is 0 Å². The summed E-state index contributed by atoms with van der Waals surface area (Å²) in [6, 6.07) is 10.2. The van der Waals surface area contributed by atoms with E-state index in [2.05, 4.69) is 19.1 Å². The van der Waals surface area contributed by atoms with Crippen molar-refractivity contribution < 1.29 is 8.95 Å². The first-order chi connectivity index (χ1) is 8.75. The second-order valence-corrected chi connectivity index (χ2v) is 6.37. The van der Waals surface area contributed by atoms with E-state index in [0.29, 0.717) is 5.92 Å². The third-order valence-electron chi connectivity index (χ3n) is 3.21. The van der Waals surface area contributed by atoms with Crippen LogP contribution < -0.4 is 0 Å². The molecule has 1 aromatic rings. The van der Waals surface area contributed by atoms with E-state index in [0.717, 1.165) is 36.5 Å². The Balaban J connectivity index is 1.63. The highest BCUT2D eigenvalue weighted by atomic mass is 32.2. The van der Waals surface area contributed by atoms with E-state index in [1.165, 1.54) is 5.56 Å². The van der Waals surface area contributed by atoms with Gasteiger partial charge in [-0.2, -0.15) is 0 Å². The van der Waals surface area contributed by atoms with E-state index in [4.69, 9.17) is 4.74 Å². The summed E-state index contributed by atoms with van der Waals surface area (Å²) in [5.74, 6) is 2.48. The molecule has 0 amide bonds. The Hall–Kier alpha value is -1.09. The van der Waals surface area contributed by atoms with Gasteiger partial charge in [-0.15, -0.1) is 0 Å². The van der Waals surface area contributed by atoms with Crippen LogP contribution in [0.3, 0.4) is 0 Å². The number of benzene rings is 1. The van der Waals surface area contributed by atoms with Crippen LogP contribution in [0, 0.1) is 5.92 Å². The first kappa shape index (κ1) is 13.3. The van der Waals surface area contributed by atoms with Crippen LogP contribution in [0.4, 0.5) is 0 Å². The molecule has 1 aliphatic rings. The molecular formula is C15H20O2S. The zero-order valence-corrected chi connectivity index (χ0v) is 11.6. The lowest BCUT2D eigenvalue weighted by molar-refractivity contribution is 0.236. The van der Waals surface area contributed by atoms with Gasteiger partial charge in [-0.1, -0.05) is 30.3 Å². The smallest absolute Gasteiger partial charge is 0.0873 e. The zero-order valence-electron chi connectivity index (χ0n) is 10.8. The average Bonchev–Trinajstić information content (AvgIpc) is 2.37. The highest BCUT2D eigenvalue weighted by Gasteiger charge is 2.24. The third-order valence-corrected chi connectivity index (χ3v) is 4.89. The van der Waals surface area contributed by atoms with Crippen LogP contribution in [-0.4, -0.2) is 22.3 Å². The predicted molar refractivity (Wildman–Crippen MR) is 76.6 cm³/mol. The van der Waals surface area contributed by atoms with Crippen molar-refractivity contribution in [3.63, 3.8) is 0 Å². The Kier molecular flexibility index (Phi) is 5.00. The summed E-state index contributed by atoms with van der Waals surface area (Å²) in [7, 11) is -0.514. The largest absolute Gasteiger partial charge is 0.501 e. The molecule has 0 saturated carbocycles. The molecule has 1 saturated heterocycles. The van der Waals surface area contributed by atoms with E-state index in [1.54, 1.807) is 0 Å². The molecule has 2 nitrogen and oxygen atoms in total. The van der Waals surface area contributed by atoms with E-state index in [9.17, 15) is 4.21 Å². The second-order valence-electron chi connectivity index (χ2n) is 4.82. The van der Waals surface area contributed by atoms with Crippen LogP contribution in [0.25, 0.3) is 5.57 Å². The molecule has 18 heavy (non-hydrogen) atoms. The Bertz CT molecular complexity index is 417. The number of ether oxygens (including phenoxy) is 1. The van der Waals surface area contributed by atoms with Crippen LogP contribution in [0.2, 0.25) is 0 Å². The second kappa shape index (κ2) is 6.74. The summed E-state index contributed by atoms with van der Waals surface area (Å²) < 4.78 is 16.5. The molecule has 0 spiro atoms. The molecule has 2 rings (SSSR count). The lowest BCUT2D eigenvalue weighted by Crippen LogP contribution is -2.30. The van der Waals surface area contributed by atoms with Crippen molar-refractivity contribution in [2.24, 2.45) is 5.92 Å². The number of allylic oxidation sites excluding steroid dienone is 1. The average molecular weight is 264 g/mol. The molecule has 1 aliphatic heterocycles. The highest BCUT2D eigenvalue weighted by molar-refractivity contribution is 7.86. The first-order valence-electron chi connectivity index (χ1n) is 6.44. The van der Waals surface area contributed by atoms with Crippen molar-refractivity contribution in [1.82, 2.24) is 0 Å². The van der Waals surface area contributed by atoms with Crippen molar-refractivity contribution in [1.29, 1.82) is 0 Å². The maximum atomic E-state index is 10.9. The van der Waals surface area contributed by atoms with Gasteiger partial charge in [0, 0.05) is 22.3 Å². The van der Waals surface area contributed by atoms with Crippen molar-refractivity contribution in [2.75, 3.05) is 18.1 Å². The predicted octanol–water partition coefficient (Wildman–Crippen LogP) is 3.22. The first-order valence-corrected chi connectivity index (χ1v) is 7.93. The Labute approximate surface area is 112 Å². The Morgan fingerprint density at radius 3 is 2.78 bits per heavy atom. The molecule has 3 heteroatoms. The topological polar surface area (TPSA) is 26.3 Å². The van der Waals surface area contributed by atoms with Gasteiger partial charge in [-0.05, 0) is 36.8 Å². The minimum Gasteiger partial charge on any atom is -0.501 e. The summed E-state index contributed by atoms with van der Waals surface area (Å²) in [6.45, 7) is 2.82. The normalized spacial score (nSPS) is 23.5. The number of rotatable bonds is 6. The quantitative estimate of drug-likeness (QED) is 0.582. The maximum absolute atomic E-state index is 10.9. The van der Waals surface area contributed by atoms with E-state index >= 15 is 0 Å². The summed E-state index contributed by atoms with van der Waals surface area (Å²) >= 11 is 0. The lowest BCUT2D eigenvalue weighted by atomic mass is 10.1. The maximum Gasteiger partial charge on any atom is 0.0873 e. The van der Waals surface area contributed by atoms with Gasteiger partial charge < -0.3 is 4.74 Å². The fourth-order valence-corrected chi connectivity index (χ4v) is 3.34. The van der Waals surface area contributed by atoms with Crippen molar-refractivity contribution in [3.8, 4) is 0 Å². The number of hydrogen-bond acceptors (Lipinski definition) is 2. The van der Waals surface area contributed by atoms with Gasteiger partial charge in [0.1, 0.15) is 0 Å². The SMILES string of the molecule is C/C(=C/OCCCC1CS(=O)C1)c1ccccc1. The molecule has 98 valence electrons. The third kappa shape index (κ3) is 3.98. The van der Waals surface area contributed by atoms with Crippen molar-refractivity contribution in [3.05, 3.63) is 42.2 Å². The summed E-state index contributed by atoms with van der Waals surface area (Å²) in [5.41, 5.74) is 2.35. The molecule has 1 aromatic carbocycles. The minimum atomic E-state index is -0.514. The molecule has 0 atom stereocenters. The molecule has 0 aromatic heterocycles. The van der Waals surface area contributed by atoms with Crippen molar-refractivity contribution >= 4 is 16.4 Å². The molecule has 0 radical (unpaired) electrons. The summed E-state index contributed by atoms with van der Waals surface area (Å²) in [4.78, 5) is 0. The van der Waals surface area contributed by atoms with Gasteiger partial charge in [-0.25, -0.2) is 0 Å². The van der Waals surface area contributed by atoms with Crippen LogP contribution in [0.5, 0.6) is 0 Å². The molecule has 0 N–H and O–H groups in total. The van der Waals surface area contributed by atoms with Gasteiger partial charge in [0.05, 0.1) is 12.9 Å². The molecule has 0 aliphatic carbocycles. The van der Waals surface area contributed by atoms with Crippen LogP contribution >= 0.6 is 0 Å². The number of hydrogen-bond donors (Lipinski definition) is 0. The van der Waals surface area contributed by atoms with Gasteiger partial charge in [0.25, 0.3) is 0 Å². The summed E-state index contributed by atoms with van der Waals surface area (Å²) in [5, 5.41) is 0. The minimum absolute atomic E-state index is 0.514. The lowest BCUT2D eigenvalue weighted by Gasteiger charge is -2.24. The highest BCUT2D eigenvalue weighted by Crippen LogP contribution is 2.19. The van der Waals surface area contributed by atoms with E-state index in [-0.39, 0.29) is 0 Å². The fraction of sp³-hybridized carbons (Fsp3) is 0.467. The van der Waals surface area contributed by atoms with Crippen molar-refractivity contribution in [2.45, 2.75) is 19.8 Å².